The Bertz CT molecular complexity index is 540. The molecule has 0 spiro atoms. The van der Waals surface area contributed by atoms with Gasteiger partial charge in [0.25, 0.3) is 0 Å². The van der Waals surface area contributed by atoms with Crippen LogP contribution < -0.4 is 5.32 Å². The molecule has 1 amide bonds. The van der Waals surface area contributed by atoms with Crippen LogP contribution in [0.15, 0.2) is 36.4 Å². The minimum Gasteiger partial charge on any atom is -0.350 e. The van der Waals surface area contributed by atoms with Crippen molar-refractivity contribution in [1.82, 2.24) is 15.1 Å². The molecule has 4 nitrogen and oxygen atoms in total. The van der Waals surface area contributed by atoms with Crippen LogP contribution in [-0.2, 0) is 4.79 Å². The van der Waals surface area contributed by atoms with Crippen LogP contribution in [0.5, 0.6) is 0 Å². The van der Waals surface area contributed by atoms with E-state index >= 15 is 0 Å². The molecule has 24 heavy (non-hydrogen) atoms. The van der Waals surface area contributed by atoms with E-state index in [4.69, 9.17) is 0 Å². The average molecular weight is 329 g/mol. The quantitative estimate of drug-likeness (QED) is 0.902. The number of rotatable bonds is 5. The first-order valence-electron chi connectivity index (χ1n) is 8.85. The summed E-state index contributed by atoms with van der Waals surface area (Å²) in [7, 11) is 0. The number of carbonyl (C=O) groups is 1. The van der Waals surface area contributed by atoms with Gasteiger partial charge in [0.1, 0.15) is 0 Å². The molecule has 1 aromatic carbocycles. The standard InChI is InChI=1S/C20H31N3O/c1-17(19(24)21-20(2,3)4)23-15-13-22(14-16-23)12-8-11-18-9-6-5-7-10-18/h5-11,17H,12-16H2,1-4H3,(H,21,24)/b11-8+/t17-/m0/s1. The van der Waals surface area contributed by atoms with Crippen LogP contribution in [0, 0.1) is 0 Å². The number of nitrogens with zero attached hydrogens (tertiary/aromatic N) is 2. The van der Waals surface area contributed by atoms with Crippen molar-refractivity contribution in [2.45, 2.75) is 39.3 Å². The van der Waals surface area contributed by atoms with Crippen molar-refractivity contribution in [2.75, 3.05) is 32.7 Å². The molecule has 1 N–H and O–H groups in total. The Morgan fingerprint density at radius 2 is 1.79 bits per heavy atom. The number of amides is 1. The van der Waals surface area contributed by atoms with E-state index in [0.717, 1.165) is 32.7 Å². The Labute approximate surface area is 146 Å². The average Bonchev–Trinajstić information content (AvgIpc) is 2.54. The Balaban J connectivity index is 1.75. The molecule has 1 aliphatic rings. The zero-order chi connectivity index (χ0) is 17.6. The summed E-state index contributed by atoms with van der Waals surface area (Å²) in [5.41, 5.74) is 1.07. The number of benzene rings is 1. The van der Waals surface area contributed by atoms with Crippen LogP contribution in [0.1, 0.15) is 33.3 Å². The van der Waals surface area contributed by atoms with Crippen molar-refractivity contribution < 1.29 is 4.79 Å². The van der Waals surface area contributed by atoms with Crippen molar-refractivity contribution >= 4 is 12.0 Å². The number of nitrogens with one attached hydrogen (secondary N) is 1. The fourth-order valence-corrected chi connectivity index (χ4v) is 2.88. The molecule has 0 radical (unpaired) electrons. The lowest BCUT2D eigenvalue weighted by atomic mass is 10.1. The summed E-state index contributed by atoms with van der Waals surface area (Å²) in [6, 6.07) is 10.3. The van der Waals surface area contributed by atoms with E-state index in [2.05, 4.69) is 51.5 Å². The SMILES string of the molecule is C[C@@H](C(=O)NC(C)(C)C)N1CCN(C/C=C/c2ccccc2)CC1. The lowest BCUT2D eigenvalue weighted by Crippen LogP contribution is -2.56. The molecular formula is C20H31N3O. The van der Waals surface area contributed by atoms with E-state index in [1.54, 1.807) is 0 Å². The Hall–Kier alpha value is -1.65. The van der Waals surface area contributed by atoms with E-state index in [1.165, 1.54) is 5.56 Å². The maximum absolute atomic E-state index is 12.3. The normalized spacial score (nSPS) is 18.7. The third-order valence-electron chi connectivity index (χ3n) is 4.31. The van der Waals surface area contributed by atoms with Gasteiger partial charge in [-0.3, -0.25) is 14.6 Å². The molecule has 1 saturated heterocycles. The van der Waals surface area contributed by atoms with Crippen LogP contribution >= 0.6 is 0 Å². The fraction of sp³-hybridized carbons (Fsp3) is 0.550. The summed E-state index contributed by atoms with van der Waals surface area (Å²) in [5, 5.41) is 3.07. The fourth-order valence-electron chi connectivity index (χ4n) is 2.88. The lowest BCUT2D eigenvalue weighted by Gasteiger charge is -2.37. The van der Waals surface area contributed by atoms with Crippen LogP contribution in [0.4, 0.5) is 0 Å². The van der Waals surface area contributed by atoms with Gasteiger partial charge in [0.15, 0.2) is 0 Å². The molecule has 132 valence electrons. The molecule has 0 aromatic heterocycles. The minimum atomic E-state index is -0.171. The summed E-state index contributed by atoms with van der Waals surface area (Å²) in [5.74, 6) is 0.125. The molecule has 1 heterocycles. The Kier molecular flexibility index (Phi) is 6.58. The predicted molar refractivity (Wildman–Crippen MR) is 101 cm³/mol. The molecule has 2 rings (SSSR count). The first-order valence-corrected chi connectivity index (χ1v) is 8.85. The number of carbonyl (C=O) groups excluding carboxylic acids is 1. The second-order valence-corrected chi connectivity index (χ2v) is 7.56. The summed E-state index contributed by atoms with van der Waals surface area (Å²) in [4.78, 5) is 17.0. The van der Waals surface area contributed by atoms with Gasteiger partial charge in [-0.2, -0.15) is 0 Å². The molecular weight excluding hydrogens is 298 g/mol. The zero-order valence-corrected chi connectivity index (χ0v) is 15.5. The Morgan fingerprint density at radius 3 is 2.38 bits per heavy atom. The van der Waals surface area contributed by atoms with E-state index in [-0.39, 0.29) is 17.5 Å². The highest BCUT2D eigenvalue weighted by Crippen LogP contribution is 2.09. The highest BCUT2D eigenvalue weighted by molar-refractivity contribution is 5.81. The number of piperazine rings is 1. The lowest BCUT2D eigenvalue weighted by molar-refractivity contribution is -0.128. The highest BCUT2D eigenvalue weighted by atomic mass is 16.2. The van der Waals surface area contributed by atoms with Crippen LogP contribution in [0.3, 0.4) is 0 Å². The van der Waals surface area contributed by atoms with Crippen molar-refractivity contribution in [2.24, 2.45) is 0 Å². The van der Waals surface area contributed by atoms with Crippen LogP contribution in [0.2, 0.25) is 0 Å². The van der Waals surface area contributed by atoms with E-state index in [1.807, 2.05) is 33.8 Å². The third kappa shape index (κ3) is 6.10. The van der Waals surface area contributed by atoms with Gasteiger partial charge < -0.3 is 5.32 Å². The topological polar surface area (TPSA) is 35.6 Å². The van der Waals surface area contributed by atoms with Crippen LogP contribution in [-0.4, -0.2) is 60.0 Å². The van der Waals surface area contributed by atoms with E-state index in [9.17, 15) is 4.79 Å². The molecule has 1 fully saturated rings. The van der Waals surface area contributed by atoms with Gasteiger partial charge in [0.05, 0.1) is 6.04 Å². The van der Waals surface area contributed by atoms with Crippen molar-refractivity contribution in [3.63, 3.8) is 0 Å². The van der Waals surface area contributed by atoms with Gasteiger partial charge >= 0.3 is 0 Å². The molecule has 4 heteroatoms. The van der Waals surface area contributed by atoms with Gasteiger partial charge in [-0.15, -0.1) is 0 Å². The number of hydrogen-bond acceptors (Lipinski definition) is 3. The van der Waals surface area contributed by atoms with Crippen molar-refractivity contribution in [3.05, 3.63) is 42.0 Å². The van der Waals surface area contributed by atoms with E-state index in [0.29, 0.717) is 0 Å². The largest absolute Gasteiger partial charge is 0.350 e. The Morgan fingerprint density at radius 1 is 1.17 bits per heavy atom. The second kappa shape index (κ2) is 8.45. The van der Waals surface area contributed by atoms with Gasteiger partial charge in [-0.05, 0) is 33.3 Å². The van der Waals surface area contributed by atoms with E-state index < -0.39 is 0 Å². The molecule has 0 unspecified atom stereocenters. The molecule has 1 aromatic rings. The smallest absolute Gasteiger partial charge is 0.237 e. The van der Waals surface area contributed by atoms with Crippen molar-refractivity contribution in [1.29, 1.82) is 0 Å². The summed E-state index contributed by atoms with van der Waals surface area (Å²) in [6.45, 7) is 12.9. The monoisotopic (exact) mass is 329 g/mol. The maximum Gasteiger partial charge on any atom is 0.237 e. The first kappa shape index (κ1) is 18.7. The highest BCUT2D eigenvalue weighted by Gasteiger charge is 2.27. The second-order valence-electron chi connectivity index (χ2n) is 7.56. The predicted octanol–water partition coefficient (Wildman–Crippen LogP) is 2.62. The number of hydrogen-bond donors (Lipinski definition) is 1. The molecule has 1 atom stereocenters. The third-order valence-corrected chi connectivity index (χ3v) is 4.31. The van der Waals surface area contributed by atoms with Gasteiger partial charge in [0, 0.05) is 38.3 Å². The molecule has 0 aliphatic carbocycles. The molecule has 0 bridgehead atoms. The van der Waals surface area contributed by atoms with Crippen LogP contribution in [0.25, 0.3) is 6.08 Å². The summed E-state index contributed by atoms with van der Waals surface area (Å²) in [6.07, 6.45) is 4.40. The van der Waals surface area contributed by atoms with Crippen molar-refractivity contribution in [3.8, 4) is 0 Å². The minimum absolute atomic E-state index is 0.0637. The molecule has 0 saturated carbocycles. The zero-order valence-electron chi connectivity index (χ0n) is 15.5. The first-order chi connectivity index (χ1) is 11.3. The van der Waals surface area contributed by atoms with Gasteiger partial charge in [0.2, 0.25) is 5.91 Å². The van der Waals surface area contributed by atoms with Gasteiger partial charge in [-0.1, -0.05) is 42.5 Å². The van der Waals surface area contributed by atoms with Gasteiger partial charge in [-0.25, -0.2) is 0 Å². The summed E-state index contributed by atoms with van der Waals surface area (Å²) < 4.78 is 0. The molecule has 1 aliphatic heterocycles. The summed E-state index contributed by atoms with van der Waals surface area (Å²) >= 11 is 0. The maximum atomic E-state index is 12.3.